The Morgan fingerprint density at radius 1 is 0.701 bits per heavy atom. The molecule has 4 aromatic rings. The lowest BCUT2D eigenvalue weighted by molar-refractivity contribution is -0.143. The Morgan fingerprint density at radius 3 is 1.83 bits per heavy atom. The number of likely N-dealkylation sites (N-methyl/N-ethyl adjacent to an activating group) is 1. The summed E-state index contributed by atoms with van der Waals surface area (Å²) in [7, 11) is 1.42. The average molecular weight is 1060 g/mol. The first-order valence-corrected chi connectivity index (χ1v) is 26.2. The lowest BCUT2D eigenvalue weighted by Crippen LogP contribution is -2.54. The smallest absolute Gasteiger partial charge is 0.407 e. The molecule has 18 heteroatoms. The van der Waals surface area contributed by atoms with E-state index in [1.54, 1.807) is 90.1 Å². The minimum absolute atomic E-state index is 0.0225. The number of carboxylic acid groups (broad SMARTS) is 1. The number of nitrogens with zero attached hydrogens (tertiary/aromatic N) is 1. The molecule has 0 saturated carbocycles. The molecule has 1 aliphatic rings. The van der Waals surface area contributed by atoms with E-state index in [0.717, 1.165) is 11.1 Å². The molecule has 0 saturated heterocycles. The molecule has 4 bridgehead atoms. The second-order valence-corrected chi connectivity index (χ2v) is 22.3. The highest BCUT2D eigenvalue weighted by Crippen LogP contribution is 2.40. The third-order valence-electron chi connectivity index (χ3n) is 12.4. The first-order valence-electron chi connectivity index (χ1n) is 26.2. The highest BCUT2D eigenvalue weighted by Gasteiger charge is 2.36. The van der Waals surface area contributed by atoms with E-state index in [0.29, 0.717) is 54.1 Å². The van der Waals surface area contributed by atoms with Gasteiger partial charge in [-0.2, -0.15) is 0 Å². The Labute approximate surface area is 452 Å². The zero-order chi connectivity index (χ0) is 56.8. The number of carbonyl (C=O) groups is 7. The van der Waals surface area contributed by atoms with E-state index in [1.807, 2.05) is 31.2 Å². The quantitative estimate of drug-likeness (QED) is 0.0514. The van der Waals surface area contributed by atoms with Crippen molar-refractivity contribution in [1.82, 2.24) is 31.5 Å². The molecule has 18 nitrogen and oxygen atoms in total. The van der Waals surface area contributed by atoms with E-state index in [2.05, 4.69) is 59.5 Å². The summed E-state index contributed by atoms with van der Waals surface area (Å²) in [6, 6.07) is 19.9. The largest absolute Gasteiger partial charge is 0.493 e. The summed E-state index contributed by atoms with van der Waals surface area (Å²) in [6.07, 6.45) is 0.121. The molecule has 6 amide bonds. The minimum atomic E-state index is -1.46. The third-order valence-corrected chi connectivity index (χ3v) is 12.4. The van der Waals surface area contributed by atoms with E-state index in [4.69, 9.17) is 18.9 Å². The van der Waals surface area contributed by atoms with Crippen LogP contribution in [0.3, 0.4) is 0 Å². The minimum Gasteiger partial charge on any atom is -0.493 e. The van der Waals surface area contributed by atoms with Gasteiger partial charge >= 0.3 is 18.2 Å². The predicted octanol–water partition coefficient (Wildman–Crippen LogP) is 8.63. The molecule has 1 heterocycles. The number of ether oxygens (including phenoxy) is 4. The lowest BCUT2D eigenvalue weighted by Gasteiger charge is -2.32. The number of aliphatic carboxylic acids is 1. The summed E-state index contributed by atoms with van der Waals surface area (Å²) < 4.78 is 23.3. The molecule has 0 aromatic heterocycles. The number of carboxylic acids is 1. The van der Waals surface area contributed by atoms with Crippen LogP contribution in [0, 0.1) is 0 Å². The fourth-order valence-corrected chi connectivity index (χ4v) is 8.40. The zero-order valence-electron chi connectivity index (χ0n) is 46.6. The number of alkyl carbamates (subject to hydrolysis) is 2. The fourth-order valence-electron chi connectivity index (χ4n) is 8.40. The number of benzene rings is 4. The summed E-state index contributed by atoms with van der Waals surface area (Å²) in [5.74, 6) is -3.36. The van der Waals surface area contributed by atoms with Gasteiger partial charge in [0.1, 0.15) is 53.5 Å². The highest BCUT2D eigenvalue weighted by atomic mass is 16.6. The van der Waals surface area contributed by atoms with Crippen molar-refractivity contribution in [2.75, 3.05) is 33.4 Å². The number of nitrogens with one attached hydrogen (secondary N) is 5. The number of rotatable bonds is 18. The van der Waals surface area contributed by atoms with E-state index >= 15 is 4.79 Å². The number of unbranched alkanes of at least 4 members (excludes halogenated alkanes) is 1. The highest BCUT2D eigenvalue weighted by molar-refractivity contribution is 5.99. The summed E-state index contributed by atoms with van der Waals surface area (Å²) in [5.41, 5.74) is 3.52. The maximum absolute atomic E-state index is 15.2. The molecule has 77 heavy (non-hydrogen) atoms. The van der Waals surface area contributed by atoms with Crippen molar-refractivity contribution in [3.05, 3.63) is 107 Å². The van der Waals surface area contributed by atoms with Crippen LogP contribution in [0.25, 0.3) is 22.3 Å². The number of hydrogen-bond donors (Lipinski definition) is 6. The molecular weight excluding hydrogens is 985 g/mol. The molecule has 0 radical (unpaired) electrons. The van der Waals surface area contributed by atoms with Gasteiger partial charge in [-0.1, -0.05) is 76.2 Å². The summed E-state index contributed by atoms with van der Waals surface area (Å²) >= 11 is 0. The van der Waals surface area contributed by atoms with Gasteiger partial charge in [0, 0.05) is 36.7 Å². The standard InChI is InChI=1S/C59H78N6O12/c1-13-31-74-47-27-17-37-33-43(47)44-35-41(24-28-48(44)75-32-30-61-56(73)77-59(9,10)11)49(52(68)62-36(2)50(66)64-46(34-37)54(70)71)65(12)53(69)45(16-14-15-29-60-55(72)76-58(6,7)8)63-51(67)40-20-18-38(19-21-40)39-22-25-42(26-23-39)57(3,4)5/h17-28,33,35-36,45-46,49H,13-16,29-32,34H2,1-12H3,(H,60,72)(H,61,73)(H,62,68)(H,63,67)(H,64,66)(H,70,71). The molecule has 1 aliphatic heterocycles. The lowest BCUT2D eigenvalue weighted by atomic mass is 9.86. The van der Waals surface area contributed by atoms with Gasteiger partial charge in [-0.05, 0) is 144 Å². The van der Waals surface area contributed by atoms with Gasteiger partial charge in [-0.15, -0.1) is 0 Å². The third kappa shape index (κ3) is 18.0. The van der Waals surface area contributed by atoms with Gasteiger partial charge in [0.15, 0.2) is 0 Å². The predicted molar refractivity (Wildman–Crippen MR) is 294 cm³/mol. The molecule has 6 N–H and O–H groups in total. The first-order chi connectivity index (χ1) is 36.1. The van der Waals surface area contributed by atoms with Crippen LogP contribution in [0.5, 0.6) is 11.5 Å². The number of carbonyl (C=O) groups excluding carboxylic acids is 6. The molecule has 4 atom stereocenters. The van der Waals surface area contributed by atoms with Gasteiger partial charge in [0.25, 0.3) is 5.91 Å². The maximum Gasteiger partial charge on any atom is 0.407 e. The van der Waals surface area contributed by atoms with E-state index in [9.17, 15) is 33.9 Å². The number of fused-ring (bicyclic) bond motifs is 5. The van der Waals surface area contributed by atoms with Gasteiger partial charge in [-0.25, -0.2) is 14.4 Å². The monoisotopic (exact) mass is 1060 g/mol. The van der Waals surface area contributed by atoms with Crippen molar-refractivity contribution < 1.29 is 57.6 Å². The Balaban J connectivity index is 1.56. The average Bonchev–Trinajstić information content (AvgIpc) is 3.34. The first kappa shape index (κ1) is 60.2. The molecular formula is C59H78N6O12. The molecule has 0 aliphatic carbocycles. The van der Waals surface area contributed by atoms with Gasteiger partial charge in [0.2, 0.25) is 17.7 Å². The van der Waals surface area contributed by atoms with Crippen molar-refractivity contribution in [3.8, 4) is 33.8 Å². The van der Waals surface area contributed by atoms with Crippen molar-refractivity contribution >= 4 is 41.8 Å². The molecule has 0 spiro atoms. The van der Waals surface area contributed by atoms with Crippen molar-refractivity contribution in [1.29, 1.82) is 0 Å². The number of amides is 6. The second-order valence-electron chi connectivity index (χ2n) is 22.3. The van der Waals surface area contributed by atoms with Crippen LogP contribution in [0.2, 0.25) is 0 Å². The Hall–Kier alpha value is -7.63. The summed E-state index contributed by atoms with van der Waals surface area (Å²) in [5, 5.41) is 23.9. The zero-order valence-corrected chi connectivity index (χ0v) is 46.6. The van der Waals surface area contributed by atoms with Gasteiger partial charge in [-0.3, -0.25) is 19.2 Å². The van der Waals surface area contributed by atoms with Crippen LogP contribution in [-0.4, -0.2) is 114 Å². The van der Waals surface area contributed by atoms with E-state index in [-0.39, 0.29) is 49.1 Å². The van der Waals surface area contributed by atoms with Crippen molar-refractivity contribution in [3.63, 3.8) is 0 Å². The molecule has 5 rings (SSSR count). The van der Waals surface area contributed by atoms with Crippen LogP contribution >= 0.6 is 0 Å². The van der Waals surface area contributed by atoms with Crippen LogP contribution in [0.4, 0.5) is 9.59 Å². The van der Waals surface area contributed by atoms with Crippen LogP contribution in [0.15, 0.2) is 84.9 Å². The molecule has 4 aromatic carbocycles. The van der Waals surface area contributed by atoms with Crippen LogP contribution in [-0.2, 0) is 40.5 Å². The number of hydrogen-bond acceptors (Lipinski definition) is 11. The fraction of sp³-hybridized carbons (Fsp3) is 0.475. The van der Waals surface area contributed by atoms with Crippen LogP contribution in [0.1, 0.15) is 135 Å². The molecule has 416 valence electrons. The Morgan fingerprint density at radius 2 is 1.26 bits per heavy atom. The van der Waals surface area contributed by atoms with E-state index in [1.165, 1.54) is 24.4 Å². The summed E-state index contributed by atoms with van der Waals surface area (Å²) in [6.45, 7) is 20.8. The second kappa shape index (κ2) is 26.4. The normalized spacial score (nSPS) is 16.3. The molecule has 0 fully saturated rings. The summed E-state index contributed by atoms with van der Waals surface area (Å²) in [4.78, 5) is 96.7. The van der Waals surface area contributed by atoms with Crippen LogP contribution < -0.4 is 36.1 Å². The van der Waals surface area contributed by atoms with Gasteiger partial charge in [0.05, 0.1) is 13.2 Å². The Bertz CT molecular complexity index is 2720. The van der Waals surface area contributed by atoms with Crippen molar-refractivity contribution in [2.45, 2.75) is 149 Å². The molecule has 4 unspecified atom stereocenters. The maximum atomic E-state index is 15.2. The topological polar surface area (TPSA) is 240 Å². The SMILES string of the molecule is CCCOc1ccc2cc1-c1cc(ccc1OCCNC(=O)OC(C)(C)C)C(N(C)C(=O)C(CCCCNC(=O)OC(C)(C)C)NC(=O)c1ccc(-c3ccc(C(C)(C)C)cc3)cc1)C(=O)NC(C)C(=O)NC(C(=O)O)C2. The van der Waals surface area contributed by atoms with Crippen molar-refractivity contribution in [2.24, 2.45) is 0 Å². The Kier molecular flexibility index (Phi) is 20.7. The van der Waals surface area contributed by atoms with E-state index < -0.39 is 77.2 Å². The van der Waals surface area contributed by atoms with Gasteiger partial charge < -0.3 is 55.5 Å².